The maximum Gasteiger partial charge on any atom is 0.339 e. The van der Waals surface area contributed by atoms with E-state index in [0.29, 0.717) is 17.8 Å². The summed E-state index contributed by atoms with van der Waals surface area (Å²) >= 11 is 0. The van der Waals surface area contributed by atoms with Gasteiger partial charge in [-0.2, -0.15) is 0 Å². The van der Waals surface area contributed by atoms with E-state index in [4.69, 9.17) is 4.74 Å². The average Bonchev–Trinajstić information content (AvgIpc) is 2.69. The Morgan fingerprint density at radius 2 is 1.69 bits per heavy atom. The molecule has 0 spiro atoms. The largest absolute Gasteiger partial charge is 0.449 e. The third-order valence-electron chi connectivity index (χ3n) is 4.49. The molecule has 0 unspecified atom stereocenters. The molecule has 2 aromatic rings. The fourth-order valence-corrected chi connectivity index (χ4v) is 3.69. The van der Waals surface area contributed by atoms with Crippen LogP contribution in [0.2, 0.25) is 0 Å². The summed E-state index contributed by atoms with van der Waals surface area (Å²) < 4.78 is 31.1. The van der Waals surface area contributed by atoms with E-state index >= 15 is 0 Å². The monoisotopic (exact) mass is 418 g/mol. The van der Waals surface area contributed by atoms with E-state index < -0.39 is 22.1 Å². The summed E-state index contributed by atoms with van der Waals surface area (Å²) in [6, 6.07) is 13.4. The van der Waals surface area contributed by atoms with Crippen molar-refractivity contribution in [2.45, 2.75) is 31.8 Å². The van der Waals surface area contributed by atoms with Gasteiger partial charge in [0.15, 0.2) is 6.10 Å². The summed E-state index contributed by atoms with van der Waals surface area (Å²) in [6.45, 7) is 5.43. The standard InChI is InChI=1S/C21H26N2O5S/c1-6-23(17-10-8-7-9-11-17)20(24)16(3)28-21(25)19-14-18(13-12-15(19)2)29(26,27)22(4)5/h7-14,16H,6H2,1-5H3/t16-/m1/s1. The number of ether oxygens (including phenoxy) is 1. The van der Waals surface area contributed by atoms with Crippen LogP contribution in [-0.2, 0) is 19.6 Å². The van der Waals surface area contributed by atoms with Crippen LogP contribution in [0.1, 0.15) is 29.8 Å². The Balaban J connectivity index is 2.24. The molecule has 0 heterocycles. The number of hydrogen-bond donors (Lipinski definition) is 0. The number of likely N-dealkylation sites (N-methyl/N-ethyl adjacent to an activating group) is 1. The topological polar surface area (TPSA) is 84.0 Å². The Morgan fingerprint density at radius 3 is 2.24 bits per heavy atom. The van der Waals surface area contributed by atoms with Crippen molar-refractivity contribution in [1.29, 1.82) is 0 Å². The van der Waals surface area contributed by atoms with Crippen LogP contribution in [0.15, 0.2) is 53.4 Å². The molecule has 0 bridgehead atoms. The van der Waals surface area contributed by atoms with Gasteiger partial charge in [0, 0.05) is 26.3 Å². The summed E-state index contributed by atoms with van der Waals surface area (Å²) in [5.74, 6) is -1.11. The number of aryl methyl sites for hydroxylation is 1. The molecule has 7 nitrogen and oxygen atoms in total. The number of benzene rings is 2. The van der Waals surface area contributed by atoms with E-state index in [2.05, 4.69) is 0 Å². The Kier molecular flexibility index (Phi) is 7.16. The van der Waals surface area contributed by atoms with Crippen molar-refractivity contribution in [3.05, 3.63) is 59.7 Å². The molecule has 8 heteroatoms. The van der Waals surface area contributed by atoms with Crippen LogP contribution >= 0.6 is 0 Å². The highest BCUT2D eigenvalue weighted by molar-refractivity contribution is 7.89. The number of sulfonamides is 1. The van der Waals surface area contributed by atoms with Crippen LogP contribution in [0.4, 0.5) is 5.69 Å². The molecule has 0 aliphatic carbocycles. The minimum atomic E-state index is -3.70. The van der Waals surface area contributed by atoms with Gasteiger partial charge in [-0.3, -0.25) is 4.79 Å². The summed E-state index contributed by atoms with van der Waals surface area (Å²) in [4.78, 5) is 27.0. The number of carbonyl (C=O) groups is 2. The highest BCUT2D eigenvalue weighted by Crippen LogP contribution is 2.20. The highest BCUT2D eigenvalue weighted by Gasteiger charge is 2.26. The molecule has 0 radical (unpaired) electrons. The predicted molar refractivity (Wildman–Crippen MR) is 111 cm³/mol. The van der Waals surface area contributed by atoms with Crippen LogP contribution in [-0.4, -0.2) is 51.3 Å². The SMILES string of the molecule is CCN(C(=O)[C@@H](C)OC(=O)c1cc(S(=O)(=O)N(C)C)ccc1C)c1ccccc1. The number of para-hydroxylation sites is 1. The molecule has 0 aliphatic heterocycles. The van der Waals surface area contributed by atoms with Crippen LogP contribution < -0.4 is 4.90 Å². The Bertz CT molecular complexity index is 987. The van der Waals surface area contributed by atoms with Crippen LogP contribution in [0.25, 0.3) is 0 Å². The van der Waals surface area contributed by atoms with Gasteiger partial charge in [0.2, 0.25) is 10.0 Å². The van der Waals surface area contributed by atoms with E-state index in [1.54, 1.807) is 25.1 Å². The molecular weight excluding hydrogens is 392 g/mol. The van der Waals surface area contributed by atoms with Gasteiger partial charge in [-0.25, -0.2) is 17.5 Å². The minimum Gasteiger partial charge on any atom is -0.449 e. The Labute approximate surface area is 171 Å². The van der Waals surface area contributed by atoms with Crippen molar-refractivity contribution in [2.75, 3.05) is 25.5 Å². The first-order valence-corrected chi connectivity index (χ1v) is 10.6. The third-order valence-corrected chi connectivity index (χ3v) is 6.30. The predicted octanol–water partition coefficient (Wildman–Crippen LogP) is 2.84. The molecule has 0 saturated carbocycles. The summed E-state index contributed by atoms with van der Waals surface area (Å²) in [6.07, 6.45) is -1.03. The second-order valence-corrected chi connectivity index (χ2v) is 8.88. The maximum absolute atomic E-state index is 12.8. The lowest BCUT2D eigenvalue weighted by atomic mass is 10.1. The Morgan fingerprint density at radius 1 is 1.07 bits per heavy atom. The molecule has 0 N–H and O–H groups in total. The van der Waals surface area contributed by atoms with Crippen molar-refractivity contribution < 1.29 is 22.7 Å². The second-order valence-electron chi connectivity index (χ2n) is 6.73. The first kappa shape index (κ1) is 22.6. The van der Waals surface area contributed by atoms with Crippen molar-refractivity contribution in [1.82, 2.24) is 4.31 Å². The fraction of sp³-hybridized carbons (Fsp3) is 0.333. The highest BCUT2D eigenvalue weighted by atomic mass is 32.2. The van der Waals surface area contributed by atoms with Gasteiger partial charge in [-0.05, 0) is 50.6 Å². The third kappa shape index (κ3) is 5.02. The van der Waals surface area contributed by atoms with Crippen LogP contribution in [0.3, 0.4) is 0 Å². The first-order chi connectivity index (χ1) is 13.6. The van der Waals surface area contributed by atoms with Crippen molar-refractivity contribution >= 4 is 27.6 Å². The summed E-state index contributed by atoms with van der Waals surface area (Å²) in [5, 5.41) is 0. The normalized spacial score (nSPS) is 12.5. The Hall–Kier alpha value is -2.71. The second kappa shape index (κ2) is 9.19. The van der Waals surface area contributed by atoms with Gasteiger partial charge in [0.05, 0.1) is 10.5 Å². The van der Waals surface area contributed by atoms with Gasteiger partial charge >= 0.3 is 5.97 Å². The molecule has 0 fully saturated rings. The smallest absolute Gasteiger partial charge is 0.339 e. The fourth-order valence-electron chi connectivity index (χ4n) is 2.76. The molecule has 1 atom stereocenters. The zero-order valence-corrected chi connectivity index (χ0v) is 18.1. The van der Waals surface area contributed by atoms with E-state index in [9.17, 15) is 18.0 Å². The number of nitrogens with zero attached hydrogens (tertiary/aromatic N) is 2. The molecule has 0 aliphatic rings. The number of esters is 1. The molecule has 2 rings (SSSR count). The zero-order valence-electron chi connectivity index (χ0n) is 17.2. The van der Waals surface area contributed by atoms with E-state index in [-0.39, 0.29) is 16.4 Å². The van der Waals surface area contributed by atoms with Gasteiger partial charge in [-0.1, -0.05) is 24.3 Å². The number of anilines is 1. The zero-order chi connectivity index (χ0) is 21.8. The molecular formula is C21H26N2O5S. The summed E-state index contributed by atoms with van der Waals surface area (Å²) in [7, 11) is -0.870. The van der Waals surface area contributed by atoms with Crippen molar-refractivity contribution in [2.24, 2.45) is 0 Å². The minimum absolute atomic E-state index is 0.0153. The number of carbonyl (C=O) groups excluding carboxylic acids is 2. The quantitative estimate of drug-likeness (QED) is 0.646. The molecule has 0 saturated heterocycles. The van der Waals surface area contributed by atoms with E-state index in [1.807, 2.05) is 25.1 Å². The lowest BCUT2D eigenvalue weighted by Crippen LogP contribution is -2.40. The number of amides is 1. The number of rotatable bonds is 7. The van der Waals surface area contributed by atoms with E-state index in [1.165, 1.54) is 38.1 Å². The van der Waals surface area contributed by atoms with Crippen LogP contribution in [0.5, 0.6) is 0 Å². The van der Waals surface area contributed by atoms with Gasteiger partial charge < -0.3 is 9.64 Å². The van der Waals surface area contributed by atoms with Crippen LogP contribution in [0, 0.1) is 6.92 Å². The van der Waals surface area contributed by atoms with Gasteiger partial charge in [-0.15, -0.1) is 0 Å². The average molecular weight is 419 g/mol. The molecule has 2 aromatic carbocycles. The first-order valence-electron chi connectivity index (χ1n) is 9.20. The van der Waals surface area contributed by atoms with Gasteiger partial charge in [0.25, 0.3) is 5.91 Å². The maximum atomic E-state index is 12.8. The van der Waals surface area contributed by atoms with Crippen molar-refractivity contribution in [3.63, 3.8) is 0 Å². The molecule has 156 valence electrons. The van der Waals surface area contributed by atoms with Gasteiger partial charge in [0.1, 0.15) is 0 Å². The molecule has 0 aromatic heterocycles. The van der Waals surface area contributed by atoms with E-state index in [0.717, 1.165) is 4.31 Å². The number of hydrogen-bond acceptors (Lipinski definition) is 5. The molecule has 1 amide bonds. The molecule has 29 heavy (non-hydrogen) atoms. The lowest BCUT2D eigenvalue weighted by Gasteiger charge is -2.24. The van der Waals surface area contributed by atoms with Crippen molar-refractivity contribution in [3.8, 4) is 0 Å². The summed E-state index contributed by atoms with van der Waals surface area (Å²) in [5.41, 5.74) is 1.37. The lowest BCUT2D eigenvalue weighted by molar-refractivity contribution is -0.126.